The third kappa shape index (κ3) is 4.27. The summed E-state index contributed by atoms with van der Waals surface area (Å²) in [5, 5.41) is 14.8. The van der Waals surface area contributed by atoms with Crippen LogP contribution in [0, 0.1) is 10.1 Å². The normalized spacial score (nSPS) is 12.1. The average molecular weight is 370 g/mol. The molecule has 0 amide bonds. The Kier molecular flexibility index (Phi) is 5.33. The van der Waals surface area contributed by atoms with Gasteiger partial charge in [0, 0.05) is 34.2 Å². The molecule has 6 heteroatoms. The van der Waals surface area contributed by atoms with Crippen LogP contribution in [0.5, 0.6) is 0 Å². The number of rotatable bonds is 5. The van der Waals surface area contributed by atoms with Crippen molar-refractivity contribution in [2.45, 2.75) is 19.5 Å². The van der Waals surface area contributed by atoms with Crippen molar-refractivity contribution in [3.8, 4) is 0 Å². The molecule has 0 aliphatic carbocycles. The number of nitrogens with zero attached hydrogens (tertiary/aromatic N) is 1. The minimum atomic E-state index is -0.406. The van der Waals surface area contributed by atoms with Crippen molar-refractivity contribution in [1.29, 1.82) is 0 Å². The second-order valence-electron chi connectivity index (χ2n) is 4.69. The Morgan fingerprint density at radius 1 is 1.33 bits per heavy atom. The number of nitro benzene ring substituents is 1. The highest BCUT2D eigenvalue weighted by atomic mass is 79.9. The van der Waals surface area contributed by atoms with E-state index in [1.54, 1.807) is 6.07 Å². The van der Waals surface area contributed by atoms with Crippen LogP contribution < -0.4 is 5.32 Å². The number of nitrogens with one attached hydrogen (secondary N) is 1. The Bertz CT molecular complexity index is 664. The maximum Gasteiger partial charge on any atom is 0.270 e. The highest BCUT2D eigenvalue weighted by molar-refractivity contribution is 9.10. The van der Waals surface area contributed by atoms with Crippen molar-refractivity contribution in [3.63, 3.8) is 0 Å². The molecule has 4 nitrogen and oxygen atoms in total. The van der Waals surface area contributed by atoms with Gasteiger partial charge in [-0.1, -0.05) is 39.7 Å². The summed E-state index contributed by atoms with van der Waals surface area (Å²) in [5.41, 5.74) is 2.14. The first-order chi connectivity index (χ1) is 9.97. The zero-order valence-electron chi connectivity index (χ0n) is 11.3. The first kappa shape index (κ1) is 15.9. The van der Waals surface area contributed by atoms with Crippen LogP contribution >= 0.6 is 27.5 Å². The molecule has 1 N–H and O–H groups in total. The predicted molar refractivity (Wildman–Crippen MR) is 87.5 cm³/mol. The highest BCUT2D eigenvalue weighted by Crippen LogP contribution is 2.24. The molecule has 0 spiro atoms. The molecule has 2 rings (SSSR count). The lowest BCUT2D eigenvalue weighted by Gasteiger charge is -2.15. The smallest absolute Gasteiger partial charge is 0.270 e. The van der Waals surface area contributed by atoms with Gasteiger partial charge in [-0.25, -0.2) is 0 Å². The first-order valence-electron chi connectivity index (χ1n) is 6.39. The number of benzene rings is 2. The van der Waals surface area contributed by atoms with Gasteiger partial charge in [0.15, 0.2) is 0 Å². The van der Waals surface area contributed by atoms with Crippen LogP contribution in [0.25, 0.3) is 0 Å². The molecule has 0 fully saturated rings. The molecule has 0 aliphatic heterocycles. The lowest BCUT2D eigenvalue weighted by Crippen LogP contribution is -2.18. The largest absolute Gasteiger partial charge is 0.306 e. The topological polar surface area (TPSA) is 55.2 Å². The van der Waals surface area contributed by atoms with Crippen molar-refractivity contribution in [2.75, 3.05) is 0 Å². The minimum absolute atomic E-state index is 0.0773. The number of hydrogen-bond donors (Lipinski definition) is 1. The SMILES string of the molecule is C[C@@H](NCc1ccc([N+](=O)[O-])cc1Br)c1cccc(Cl)c1. The number of halogens is 2. The molecule has 0 heterocycles. The van der Waals surface area contributed by atoms with Crippen molar-refractivity contribution in [3.05, 3.63) is 73.2 Å². The number of nitro groups is 1. The average Bonchev–Trinajstić information content (AvgIpc) is 2.45. The number of hydrogen-bond acceptors (Lipinski definition) is 3. The van der Waals surface area contributed by atoms with E-state index in [4.69, 9.17) is 11.6 Å². The molecule has 2 aromatic rings. The van der Waals surface area contributed by atoms with Gasteiger partial charge >= 0.3 is 0 Å². The second kappa shape index (κ2) is 7.02. The summed E-state index contributed by atoms with van der Waals surface area (Å²) in [7, 11) is 0. The van der Waals surface area contributed by atoms with E-state index >= 15 is 0 Å². The summed E-state index contributed by atoms with van der Waals surface area (Å²) in [5.74, 6) is 0. The fraction of sp³-hybridized carbons (Fsp3) is 0.200. The molecule has 2 aromatic carbocycles. The van der Waals surface area contributed by atoms with E-state index in [0.717, 1.165) is 15.6 Å². The summed E-state index contributed by atoms with van der Waals surface area (Å²) in [4.78, 5) is 10.3. The molecule has 0 aliphatic rings. The fourth-order valence-corrected chi connectivity index (χ4v) is 2.66. The highest BCUT2D eigenvalue weighted by Gasteiger charge is 2.10. The van der Waals surface area contributed by atoms with E-state index in [2.05, 4.69) is 21.2 Å². The van der Waals surface area contributed by atoms with Crippen LogP contribution in [0.4, 0.5) is 5.69 Å². The minimum Gasteiger partial charge on any atom is -0.306 e. The van der Waals surface area contributed by atoms with E-state index in [0.29, 0.717) is 11.6 Å². The van der Waals surface area contributed by atoms with Crippen LogP contribution in [0.15, 0.2) is 46.9 Å². The quantitative estimate of drug-likeness (QED) is 0.605. The maximum absolute atomic E-state index is 10.7. The maximum atomic E-state index is 10.7. The van der Waals surface area contributed by atoms with Gasteiger partial charge in [0.1, 0.15) is 0 Å². The van der Waals surface area contributed by atoms with Crippen LogP contribution in [0.2, 0.25) is 5.02 Å². The summed E-state index contributed by atoms with van der Waals surface area (Å²) >= 11 is 9.35. The van der Waals surface area contributed by atoms with Gasteiger partial charge in [-0.3, -0.25) is 10.1 Å². The van der Waals surface area contributed by atoms with Gasteiger partial charge in [0.2, 0.25) is 0 Å². The summed E-state index contributed by atoms with van der Waals surface area (Å²) in [6, 6.07) is 12.6. The zero-order valence-corrected chi connectivity index (χ0v) is 13.7. The molecule has 0 radical (unpaired) electrons. The molecular weight excluding hydrogens is 356 g/mol. The van der Waals surface area contributed by atoms with Crippen molar-refractivity contribution >= 4 is 33.2 Å². The Labute approximate surface area is 136 Å². The fourth-order valence-electron chi connectivity index (χ4n) is 1.95. The Hall–Kier alpha value is -1.43. The van der Waals surface area contributed by atoms with E-state index in [1.165, 1.54) is 12.1 Å². The van der Waals surface area contributed by atoms with Gasteiger partial charge < -0.3 is 5.32 Å². The molecule has 0 saturated heterocycles. The Morgan fingerprint density at radius 3 is 2.71 bits per heavy atom. The Balaban J connectivity index is 2.04. The first-order valence-corrected chi connectivity index (χ1v) is 7.56. The Morgan fingerprint density at radius 2 is 2.10 bits per heavy atom. The van der Waals surface area contributed by atoms with E-state index < -0.39 is 4.92 Å². The van der Waals surface area contributed by atoms with Gasteiger partial charge in [0.05, 0.1) is 4.92 Å². The van der Waals surface area contributed by atoms with E-state index in [9.17, 15) is 10.1 Å². The lowest BCUT2D eigenvalue weighted by atomic mass is 10.1. The zero-order chi connectivity index (χ0) is 15.4. The molecule has 0 bridgehead atoms. The second-order valence-corrected chi connectivity index (χ2v) is 5.98. The summed E-state index contributed by atoms with van der Waals surface area (Å²) in [6.45, 7) is 2.65. The standard InChI is InChI=1S/C15H14BrClN2O2/c1-10(11-3-2-4-13(17)7-11)18-9-12-5-6-14(19(20)21)8-15(12)16/h2-8,10,18H,9H2,1H3/t10-/m1/s1. The van der Waals surface area contributed by atoms with E-state index in [1.807, 2.05) is 31.2 Å². The van der Waals surface area contributed by atoms with Crippen LogP contribution in [0.3, 0.4) is 0 Å². The molecule has 21 heavy (non-hydrogen) atoms. The van der Waals surface area contributed by atoms with Crippen molar-refractivity contribution in [1.82, 2.24) is 5.32 Å². The van der Waals surface area contributed by atoms with Gasteiger partial charge in [-0.05, 0) is 36.2 Å². The summed E-state index contributed by atoms with van der Waals surface area (Å²) in [6.07, 6.45) is 0. The lowest BCUT2D eigenvalue weighted by molar-refractivity contribution is -0.384. The van der Waals surface area contributed by atoms with Crippen molar-refractivity contribution in [2.24, 2.45) is 0 Å². The monoisotopic (exact) mass is 368 g/mol. The van der Waals surface area contributed by atoms with Crippen molar-refractivity contribution < 1.29 is 4.92 Å². The van der Waals surface area contributed by atoms with Crippen LogP contribution in [0.1, 0.15) is 24.1 Å². The van der Waals surface area contributed by atoms with Gasteiger partial charge in [-0.15, -0.1) is 0 Å². The van der Waals surface area contributed by atoms with E-state index in [-0.39, 0.29) is 11.7 Å². The molecule has 0 saturated carbocycles. The predicted octanol–water partition coefficient (Wildman–Crippen LogP) is 4.86. The third-order valence-electron chi connectivity index (χ3n) is 3.19. The van der Waals surface area contributed by atoms with Crippen LogP contribution in [-0.2, 0) is 6.54 Å². The number of non-ortho nitro benzene ring substituents is 1. The van der Waals surface area contributed by atoms with Crippen LogP contribution in [-0.4, -0.2) is 4.92 Å². The molecule has 0 unspecified atom stereocenters. The third-order valence-corrected chi connectivity index (χ3v) is 4.17. The van der Waals surface area contributed by atoms with Gasteiger partial charge in [-0.2, -0.15) is 0 Å². The summed E-state index contributed by atoms with van der Waals surface area (Å²) < 4.78 is 0.725. The molecule has 0 aromatic heterocycles. The molecule has 1 atom stereocenters. The van der Waals surface area contributed by atoms with Gasteiger partial charge in [0.25, 0.3) is 5.69 Å². The molecule has 110 valence electrons. The molecular formula is C15H14BrClN2O2.